The summed E-state index contributed by atoms with van der Waals surface area (Å²) >= 11 is 0. The largest absolute Gasteiger partial charge is 0.487 e. The van der Waals surface area contributed by atoms with E-state index in [1.165, 1.54) is 17.7 Å². The number of ether oxygens (including phenoxy) is 1. The molecule has 5 rings (SSSR count). The van der Waals surface area contributed by atoms with Crippen LogP contribution < -0.4 is 4.74 Å². The zero-order chi connectivity index (χ0) is 21.3. The van der Waals surface area contributed by atoms with Crippen molar-refractivity contribution in [3.8, 4) is 5.75 Å². The molecule has 164 valence electrons. The molecule has 4 nitrogen and oxygen atoms in total. The average molecular weight is 423 g/mol. The van der Waals surface area contributed by atoms with Gasteiger partial charge in [0.15, 0.2) is 0 Å². The van der Waals surface area contributed by atoms with Crippen LogP contribution in [-0.4, -0.2) is 47.5 Å². The standard InChI is InChI=1S/C26H31FN2O2/c27-22-9-7-20(8-10-22)19-28-15-11-26(12-16-28)18-21(17-25(30)29-13-3-4-14-29)23-5-1-2-6-24(23)31-26/h1-2,5-10,21H,3-4,11-19H2/t21-/m1/s1. The Balaban J connectivity index is 1.27. The summed E-state index contributed by atoms with van der Waals surface area (Å²) in [4.78, 5) is 17.4. The van der Waals surface area contributed by atoms with Crippen molar-refractivity contribution in [2.75, 3.05) is 26.2 Å². The SMILES string of the molecule is O=C(C[C@@H]1CC2(CCN(Cc3ccc(F)cc3)CC2)Oc2ccccc21)N1CCCC1. The molecule has 2 aromatic rings. The number of rotatable bonds is 4. The third-order valence-electron chi connectivity index (χ3n) is 7.27. The number of fused-ring (bicyclic) bond motifs is 1. The maximum absolute atomic E-state index is 13.2. The van der Waals surface area contributed by atoms with Crippen molar-refractivity contribution >= 4 is 5.91 Å². The monoisotopic (exact) mass is 422 g/mol. The predicted octanol–water partition coefficient (Wildman–Crippen LogP) is 4.74. The van der Waals surface area contributed by atoms with Crippen molar-refractivity contribution in [3.05, 3.63) is 65.5 Å². The van der Waals surface area contributed by atoms with E-state index < -0.39 is 0 Å². The highest BCUT2D eigenvalue weighted by atomic mass is 19.1. The van der Waals surface area contributed by atoms with Crippen molar-refractivity contribution < 1.29 is 13.9 Å². The Morgan fingerprint density at radius 3 is 2.45 bits per heavy atom. The Morgan fingerprint density at radius 2 is 1.71 bits per heavy atom. The number of hydrogen-bond acceptors (Lipinski definition) is 3. The summed E-state index contributed by atoms with van der Waals surface area (Å²) in [6, 6.07) is 15.1. The molecule has 0 saturated carbocycles. The Bertz CT molecular complexity index is 915. The van der Waals surface area contributed by atoms with Gasteiger partial charge in [-0.1, -0.05) is 30.3 Å². The average Bonchev–Trinajstić information content (AvgIpc) is 3.32. The molecule has 5 heteroatoms. The van der Waals surface area contributed by atoms with Gasteiger partial charge in [-0.25, -0.2) is 4.39 Å². The molecule has 0 radical (unpaired) electrons. The third-order valence-corrected chi connectivity index (χ3v) is 7.27. The van der Waals surface area contributed by atoms with E-state index in [9.17, 15) is 9.18 Å². The van der Waals surface area contributed by atoms with Crippen molar-refractivity contribution in [3.63, 3.8) is 0 Å². The minimum Gasteiger partial charge on any atom is -0.487 e. The number of halogens is 1. The van der Waals surface area contributed by atoms with Gasteiger partial charge in [0.05, 0.1) is 0 Å². The summed E-state index contributed by atoms with van der Waals surface area (Å²) in [5.41, 5.74) is 2.14. The molecular formula is C26H31FN2O2. The van der Waals surface area contributed by atoms with Gasteiger partial charge in [0.1, 0.15) is 17.2 Å². The predicted molar refractivity (Wildman–Crippen MR) is 119 cm³/mol. The molecule has 1 atom stereocenters. The first-order valence-electron chi connectivity index (χ1n) is 11.6. The summed E-state index contributed by atoms with van der Waals surface area (Å²) in [5, 5.41) is 0. The molecule has 2 fully saturated rings. The molecule has 3 aliphatic heterocycles. The van der Waals surface area contributed by atoms with Gasteiger partial charge < -0.3 is 9.64 Å². The summed E-state index contributed by atoms with van der Waals surface area (Å²) in [7, 11) is 0. The lowest BCUT2D eigenvalue weighted by atomic mass is 9.76. The molecule has 3 aliphatic rings. The van der Waals surface area contributed by atoms with Gasteiger partial charge in [0.25, 0.3) is 0 Å². The highest BCUT2D eigenvalue weighted by Gasteiger charge is 2.43. The van der Waals surface area contributed by atoms with Crippen LogP contribution in [0.5, 0.6) is 5.75 Å². The fourth-order valence-electron chi connectivity index (χ4n) is 5.51. The minimum atomic E-state index is -0.191. The second kappa shape index (κ2) is 8.62. The number of likely N-dealkylation sites (tertiary alicyclic amines) is 2. The number of amides is 1. The molecule has 0 aromatic heterocycles. The maximum atomic E-state index is 13.2. The number of carbonyl (C=O) groups is 1. The molecule has 0 unspecified atom stereocenters. The van der Waals surface area contributed by atoms with Gasteiger partial charge >= 0.3 is 0 Å². The molecule has 1 spiro atoms. The summed E-state index contributed by atoms with van der Waals surface area (Å²) in [6.07, 6.45) is 5.66. The fourth-order valence-corrected chi connectivity index (χ4v) is 5.51. The zero-order valence-electron chi connectivity index (χ0n) is 18.1. The molecule has 1 amide bonds. The maximum Gasteiger partial charge on any atom is 0.223 e. The van der Waals surface area contributed by atoms with Gasteiger partial charge in [-0.3, -0.25) is 9.69 Å². The van der Waals surface area contributed by atoms with E-state index in [4.69, 9.17) is 4.74 Å². The van der Waals surface area contributed by atoms with E-state index in [-0.39, 0.29) is 17.3 Å². The molecule has 2 aromatic carbocycles. The molecule has 3 heterocycles. The van der Waals surface area contributed by atoms with Crippen LogP contribution in [0.15, 0.2) is 48.5 Å². The number of piperidine rings is 1. The Hall–Kier alpha value is -2.40. The van der Waals surface area contributed by atoms with E-state index in [0.717, 1.165) is 76.1 Å². The lowest BCUT2D eigenvalue weighted by Crippen LogP contribution is -2.50. The van der Waals surface area contributed by atoms with E-state index in [1.54, 1.807) is 0 Å². The van der Waals surface area contributed by atoms with Crippen LogP contribution in [0.4, 0.5) is 4.39 Å². The van der Waals surface area contributed by atoms with Crippen molar-refractivity contribution in [1.82, 2.24) is 9.80 Å². The van der Waals surface area contributed by atoms with Crippen LogP contribution in [0.2, 0.25) is 0 Å². The molecule has 2 saturated heterocycles. The molecule has 31 heavy (non-hydrogen) atoms. The Kier molecular flexibility index (Phi) is 5.70. The lowest BCUT2D eigenvalue weighted by molar-refractivity contribution is -0.131. The Labute approximate surface area is 184 Å². The molecular weight excluding hydrogens is 391 g/mol. The van der Waals surface area contributed by atoms with Crippen LogP contribution >= 0.6 is 0 Å². The van der Waals surface area contributed by atoms with Crippen LogP contribution in [0.3, 0.4) is 0 Å². The van der Waals surface area contributed by atoms with E-state index in [1.807, 2.05) is 23.1 Å². The van der Waals surface area contributed by atoms with E-state index in [0.29, 0.717) is 12.3 Å². The number of para-hydroxylation sites is 1. The third kappa shape index (κ3) is 4.47. The summed E-state index contributed by atoms with van der Waals surface area (Å²) in [6.45, 7) is 4.56. The van der Waals surface area contributed by atoms with Gasteiger partial charge in [-0.2, -0.15) is 0 Å². The van der Waals surface area contributed by atoms with Gasteiger partial charge in [0.2, 0.25) is 5.91 Å². The van der Waals surface area contributed by atoms with Crippen LogP contribution in [0, 0.1) is 5.82 Å². The second-order valence-electron chi connectivity index (χ2n) is 9.42. The van der Waals surface area contributed by atoms with Gasteiger partial charge in [0, 0.05) is 45.1 Å². The van der Waals surface area contributed by atoms with Crippen molar-refractivity contribution in [2.24, 2.45) is 0 Å². The normalized spacial score (nSPS) is 22.9. The second-order valence-corrected chi connectivity index (χ2v) is 9.42. The smallest absolute Gasteiger partial charge is 0.223 e. The van der Waals surface area contributed by atoms with Crippen molar-refractivity contribution in [2.45, 2.75) is 56.6 Å². The summed E-state index contributed by atoms with van der Waals surface area (Å²) in [5.74, 6) is 1.29. The minimum absolute atomic E-state index is 0.190. The highest BCUT2D eigenvalue weighted by molar-refractivity contribution is 5.77. The van der Waals surface area contributed by atoms with E-state index >= 15 is 0 Å². The first-order chi connectivity index (χ1) is 15.1. The first kappa shape index (κ1) is 20.5. The van der Waals surface area contributed by atoms with Crippen LogP contribution in [0.25, 0.3) is 0 Å². The summed E-state index contributed by atoms with van der Waals surface area (Å²) < 4.78 is 19.8. The molecule has 0 aliphatic carbocycles. The zero-order valence-corrected chi connectivity index (χ0v) is 18.1. The number of nitrogens with zero attached hydrogens (tertiary/aromatic N) is 2. The van der Waals surface area contributed by atoms with Crippen LogP contribution in [0.1, 0.15) is 55.6 Å². The number of benzene rings is 2. The topological polar surface area (TPSA) is 32.8 Å². The lowest BCUT2D eigenvalue weighted by Gasteiger charge is -2.47. The number of carbonyl (C=O) groups excluding carboxylic acids is 1. The number of hydrogen-bond donors (Lipinski definition) is 0. The van der Waals surface area contributed by atoms with Crippen molar-refractivity contribution in [1.29, 1.82) is 0 Å². The quantitative estimate of drug-likeness (QED) is 0.714. The van der Waals surface area contributed by atoms with E-state index in [2.05, 4.69) is 23.1 Å². The highest BCUT2D eigenvalue weighted by Crippen LogP contribution is 2.46. The van der Waals surface area contributed by atoms with Gasteiger partial charge in [-0.15, -0.1) is 0 Å². The van der Waals surface area contributed by atoms with Gasteiger partial charge in [-0.05, 0) is 61.4 Å². The molecule has 0 N–H and O–H groups in total. The Morgan fingerprint density at radius 1 is 1.00 bits per heavy atom. The first-order valence-corrected chi connectivity index (χ1v) is 11.6. The van der Waals surface area contributed by atoms with Crippen LogP contribution in [-0.2, 0) is 11.3 Å². The molecule has 0 bridgehead atoms. The fraction of sp³-hybridized carbons (Fsp3) is 0.500.